The van der Waals surface area contributed by atoms with Gasteiger partial charge >= 0.3 is 6.03 Å². The molecule has 0 spiro atoms. The molecule has 1 aliphatic rings. The number of rotatable bonds is 5. The molecule has 1 saturated heterocycles. The topological polar surface area (TPSA) is 53.6 Å². The van der Waals surface area contributed by atoms with Crippen molar-refractivity contribution in [2.75, 3.05) is 30.9 Å². The van der Waals surface area contributed by atoms with Gasteiger partial charge in [0.25, 0.3) is 0 Å². The van der Waals surface area contributed by atoms with Crippen LogP contribution in [0, 0.1) is 0 Å². The smallest absolute Gasteiger partial charge is 0.319 e. The number of nitrogens with one attached hydrogen (secondary N) is 2. The van der Waals surface area contributed by atoms with Gasteiger partial charge < -0.3 is 20.3 Å². The highest BCUT2D eigenvalue weighted by molar-refractivity contribution is 5.90. The van der Waals surface area contributed by atoms with Gasteiger partial charge in [0.05, 0.1) is 12.1 Å². The molecule has 2 aromatic carbocycles. The number of carbonyl (C=O) groups excluding carboxylic acids is 1. The van der Waals surface area contributed by atoms with Crippen molar-refractivity contribution in [2.24, 2.45) is 0 Å². The molecule has 0 saturated carbocycles. The summed E-state index contributed by atoms with van der Waals surface area (Å²) in [4.78, 5) is 14.3. The zero-order chi connectivity index (χ0) is 18.5. The lowest BCUT2D eigenvalue weighted by Crippen LogP contribution is -2.42. The molecular formula is C21H27N3O2. The van der Waals surface area contributed by atoms with E-state index in [0.717, 1.165) is 42.0 Å². The van der Waals surface area contributed by atoms with E-state index < -0.39 is 0 Å². The lowest BCUT2D eigenvalue weighted by Gasteiger charge is -2.20. The van der Waals surface area contributed by atoms with Crippen LogP contribution in [0.25, 0.3) is 11.1 Å². The summed E-state index contributed by atoms with van der Waals surface area (Å²) in [6.07, 6.45) is 2.18. The van der Waals surface area contributed by atoms with Gasteiger partial charge in [-0.1, -0.05) is 24.3 Å². The van der Waals surface area contributed by atoms with E-state index in [2.05, 4.69) is 39.8 Å². The number of urea groups is 1. The van der Waals surface area contributed by atoms with E-state index in [1.54, 1.807) is 0 Å². The fraction of sp³-hybridized carbons (Fsp3) is 0.381. The summed E-state index contributed by atoms with van der Waals surface area (Å²) in [6, 6.07) is 16.0. The summed E-state index contributed by atoms with van der Waals surface area (Å²) in [5, 5.41) is 5.89. The van der Waals surface area contributed by atoms with E-state index in [9.17, 15) is 4.79 Å². The molecule has 2 N–H and O–H groups in total. The van der Waals surface area contributed by atoms with Gasteiger partial charge in [-0.2, -0.15) is 0 Å². The molecule has 1 fully saturated rings. The average molecular weight is 353 g/mol. The van der Waals surface area contributed by atoms with Crippen molar-refractivity contribution in [1.82, 2.24) is 5.32 Å². The Bertz CT molecular complexity index is 737. The van der Waals surface area contributed by atoms with Crippen LogP contribution in [0.15, 0.2) is 48.5 Å². The van der Waals surface area contributed by atoms with Gasteiger partial charge in [0.1, 0.15) is 0 Å². The van der Waals surface area contributed by atoms with Crippen molar-refractivity contribution >= 4 is 17.4 Å². The number of amides is 2. The summed E-state index contributed by atoms with van der Waals surface area (Å²) in [7, 11) is 4.05. The quantitative estimate of drug-likeness (QED) is 0.850. The molecule has 0 aliphatic carbocycles. The lowest BCUT2D eigenvalue weighted by atomic mass is 10.0. The Morgan fingerprint density at radius 1 is 1.15 bits per heavy atom. The Labute approximate surface area is 155 Å². The highest BCUT2D eigenvalue weighted by Gasteiger charge is 2.23. The van der Waals surface area contributed by atoms with Crippen molar-refractivity contribution in [2.45, 2.75) is 31.9 Å². The van der Waals surface area contributed by atoms with Gasteiger partial charge in [-0.15, -0.1) is 0 Å². The predicted octanol–water partition coefficient (Wildman–Crippen LogP) is 4.11. The lowest BCUT2D eigenvalue weighted by molar-refractivity contribution is 0.0868. The number of hydrogen-bond donors (Lipinski definition) is 2. The maximum absolute atomic E-state index is 12.3. The molecule has 2 aromatic rings. The molecule has 3 rings (SSSR count). The zero-order valence-electron chi connectivity index (χ0n) is 15.7. The maximum atomic E-state index is 12.3. The van der Waals surface area contributed by atoms with Crippen molar-refractivity contribution in [3.05, 3.63) is 48.5 Å². The molecule has 2 amide bonds. The Morgan fingerprint density at radius 2 is 1.92 bits per heavy atom. The van der Waals surface area contributed by atoms with Crippen LogP contribution >= 0.6 is 0 Å². The molecule has 0 unspecified atom stereocenters. The van der Waals surface area contributed by atoms with Crippen LogP contribution in [0.5, 0.6) is 0 Å². The van der Waals surface area contributed by atoms with Crippen LogP contribution in [0.2, 0.25) is 0 Å². The minimum absolute atomic E-state index is 0.000685. The van der Waals surface area contributed by atoms with Gasteiger partial charge in [-0.3, -0.25) is 0 Å². The summed E-state index contributed by atoms with van der Waals surface area (Å²) < 4.78 is 5.62. The third-order valence-electron chi connectivity index (χ3n) is 4.72. The average Bonchev–Trinajstić information content (AvgIpc) is 3.17. The molecule has 1 heterocycles. The minimum atomic E-state index is -0.201. The molecule has 0 aromatic heterocycles. The Balaban J connectivity index is 1.64. The maximum Gasteiger partial charge on any atom is 0.319 e. The van der Waals surface area contributed by atoms with Crippen molar-refractivity contribution in [3.63, 3.8) is 0 Å². The van der Waals surface area contributed by atoms with Crippen molar-refractivity contribution < 1.29 is 9.53 Å². The van der Waals surface area contributed by atoms with Crippen LogP contribution in [-0.2, 0) is 4.74 Å². The first-order valence-electron chi connectivity index (χ1n) is 9.10. The number of benzene rings is 2. The number of carbonyl (C=O) groups is 1. The van der Waals surface area contributed by atoms with E-state index in [-0.39, 0.29) is 18.2 Å². The fourth-order valence-electron chi connectivity index (χ4n) is 3.19. The summed E-state index contributed by atoms with van der Waals surface area (Å²) in [6.45, 7) is 2.77. The molecule has 0 bridgehead atoms. The first kappa shape index (κ1) is 18.3. The van der Waals surface area contributed by atoms with Crippen LogP contribution in [0.1, 0.15) is 19.8 Å². The first-order valence-corrected chi connectivity index (χ1v) is 9.10. The largest absolute Gasteiger partial charge is 0.378 e. The second kappa shape index (κ2) is 8.23. The zero-order valence-corrected chi connectivity index (χ0v) is 15.7. The molecule has 26 heavy (non-hydrogen) atoms. The summed E-state index contributed by atoms with van der Waals surface area (Å²) >= 11 is 0. The Hall–Kier alpha value is -2.53. The number of anilines is 2. The summed E-state index contributed by atoms with van der Waals surface area (Å²) in [5.74, 6) is 0. The second-order valence-corrected chi connectivity index (χ2v) is 6.96. The number of nitrogens with zero attached hydrogens (tertiary/aromatic N) is 1. The van der Waals surface area contributed by atoms with E-state index >= 15 is 0 Å². The van der Waals surface area contributed by atoms with Crippen LogP contribution in [0.3, 0.4) is 0 Å². The van der Waals surface area contributed by atoms with E-state index in [1.807, 2.05) is 45.3 Å². The second-order valence-electron chi connectivity index (χ2n) is 6.96. The normalized spacial score (nSPS) is 17.6. The molecule has 5 heteroatoms. The third kappa shape index (κ3) is 4.55. The molecule has 5 nitrogen and oxygen atoms in total. The monoisotopic (exact) mass is 353 g/mol. The van der Waals surface area contributed by atoms with E-state index in [4.69, 9.17) is 4.74 Å². The SMILES string of the molecule is C[C@H](NC(=O)Nc1cccc(-c2ccc(N(C)C)cc2)c1)[C@H]1CCCO1. The highest BCUT2D eigenvalue weighted by atomic mass is 16.5. The van der Waals surface area contributed by atoms with Crippen molar-refractivity contribution in [1.29, 1.82) is 0 Å². The van der Waals surface area contributed by atoms with Gasteiger partial charge in [-0.05, 0) is 55.2 Å². The van der Waals surface area contributed by atoms with E-state index in [0.29, 0.717) is 0 Å². The standard InChI is InChI=1S/C21H27N3O2/c1-15(20-8-5-13-26-20)22-21(25)23-18-7-4-6-17(14-18)16-9-11-19(12-10-16)24(2)3/h4,6-7,9-12,14-15,20H,5,8,13H2,1-3H3,(H2,22,23,25)/t15-,20+/m0/s1. The predicted molar refractivity (Wildman–Crippen MR) is 107 cm³/mol. The number of hydrogen-bond acceptors (Lipinski definition) is 3. The minimum Gasteiger partial charge on any atom is -0.378 e. The molecule has 0 radical (unpaired) electrons. The van der Waals surface area contributed by atoms with E-state index in [1.165, 1.54) is 0 Å². The first-order chi connectivity index (χ1) is 12.5. The highest BCUT2D eigenvalue weighted by Crippen LogP contribution is 2.25. The number of ether oxygens (including phenoxy) is 1. The third-order valence-corrected chi connectivity index (χ3v) is 4.72. The van der Waals surface area contributed by atoms with Crippen LogP contribution in [0.4, 0.5) is 16.2 Å². The van der Waals surface area contributed by atoms with Gasteiger partial charge in [-0.25, -0.2) is 4.79 Å². The van der Waals surface area contributed by atoms with Crippen LogP contribution < -0.4 is 15.5 Å². The Kier molecular flexibility index (Phi) is 5.78. The molecular weight excluding hydrogens is 326 g/mol. The fourth-order valence-corrected chi connectivity index (χ4v) is 3.19. The van der Waals surface area contributed by atoms with Gasteiger partial charge in [0, 0.05) is 32.1 Å². The van der Waals surface area contributed by atoms with Gasteiger partial charge in [0.2, 0.25) is 0 Å². The summed E-state index contributed by atoms with van der Waals surface area (Å²) in [5.41, 5.74) is 4.12. The Morgan fingerprint density at radius 3 is 2.58 bits per heavy atom. The molecule has 1 aliphatic heterocycles. The van der Waals surface area contributed by atoms with Crippen molar-refractivity contribution in [3.8, 4) is 11.1 Å². The molecule has 138 valence electrons. The van der Waals surface area contributed by atoms with Gasteiger partial charge in [0.15, 0.2) is 0 Å². The van der Waals surface area contributed by atoms with Crippen LogP contribution in [-0.4, -0.2) is 38.9 Å². The molecule has 2 atom stereocenters.